The SMILES string of the molecule is CCC(C(=O)NCCOc1ccccc1C(C)(C)C)N(c1cccc(Cl)c1)S(C)(=O)=O. The van der Waals surface area contributed by atoms with E-state index in [0.29, 0.717) is 17.1 Å². The summed E-state index contributed by atoms with van der Waals surface area (Å²) in [4.78, 5) is 12.9. The van der Waals surface area contributed by atoms with Crippen molar-refractivity contribution in [3.8, 4) is 5.75 Å². The average molecular weight is 467 g/mol. The van der Waals surface area contributed by atoms with Crippen LogP contribution in [0.1, 0.15) is 39.7 Å². The molecule has 0 aliphatic rings. The number of carbonyl (C=O) groups is 1. The van der Waals surface area contributed by atoms with Crippen LogP contribution < -0.4 is 14.4 Å². The van der Waals surface area contributed by atoms with Gasteiger partial charge in [0, 0.05) is 5.02 Å². The van der Waals surface area contributed by atoms with E-state index in [0.717, 1.165) is 21.9 Å². The van der Waals surface area contributed by atoms with Gasteiger partial charge in [-0.25, -0.2) is 8.42 Å². The first-order valence-corrected chi connectivity index (χ1v) is 12.4. The van der Waals surface area contributed by atoms with E-state index >= 15 is 0 Å². The molecule has 31 heavy (non-hydrogen) atoms. The normalized spacial score (nSPS) is 12.8. The predicted octanol–water partition coefficient (Wildman–Crippen LogP) is 4.38. The lowest BCUT2D eigenvalue weighted by atomic mass is 9.86. The molecule has 6 nitrogen and oxygen atoms in total. The van der Waals surface area contributed by atoms with Crippen molar-refractivity contribution in [3.63, 3.8) is 0 Å². The quantitative estimate of drug-likeness (QED) is 0.556. The number of carbonyl (C=O) groups excluding carboxylic acids is 1. The Bertz CT molecular complexity index is 1000. The molecule has 1 unspecified atom stereocenters. The Morgan fingerprint density at radius 2 is 1.84 bits per heavy atom. The summed E-state index contributed by atoms with van der Waals surface area (Å²) < 4.78 is 32.0. The number of benzene rings is 2. The highest BCUT2D eigenvalue weighted by molar-refractivity contribution is 7.92. The molecular formula is C23H31ClN2O4S. The van der Waals surface area contributed by atoms with Crippen LogP contribution in [-0.4, -0.2) is 39.8 Å². The molecule has 1 amide bonds. The Balaban J connectivity index is 2.08. The standard InChI is InChI=1S/C23H31ClN2O4S/c1-6-20(26(31(5,28)29)18-11-9-10-17(24)16-18)22(27)25-14-15-30-21-13-8-7-12-19(21)23(2,3)4/h7-13,16,20H,6,14-15H2,1-5H3,(H,25,27). The largest absolute Gasteiger partial charge is 0.491 e. The fourth-order valence-electron chi connectivity index (χ4n) is 3.34. The van der Waals surface area contributed by atoms with E-state index < -0.39 is 16.1 Å². The molecule has 2 aromatic rings. The molecule has 2 aromatic carbocycles. The van der Waals surface area contributed by atoms with Crippen LogP contribution >= 0.6 is 11.6 Å². The van der Waals surface area contributed by atoms with Crippen molar-refractivity contribution in [2.45, 2.75) is 45.6 Å². The second-order valence-corrected chi connectivity index (χ2v) is 10.6. The highest BCUT2D eigenvalue weighted by Crippen LogP contribution is 2.31. The minimum Gasteiger partial charge on any atom is -0.491 e. The van der Waals surface area contributed by atoms with Crippen LogP contribution in [0.2, 0.25) is 5.02 Å². The van der Waals surface area contributed by atoms with Gasteiger partial charge in [0.2, 0.25) is 15.9 Å². The molecule has 8 heteroatoms. The summed E-state index contributed by atoms with van der Waals surface area (Å²) in [5.74, 6) is 0.383. The van der Waals surface area contributed by atoms with E-state index in [-0.39, 0.29) is 24.5 Å². The number of anilines is 1. The lowest BCUT2D eigenvalue weighted by molar-refractivity contribution is -0.122. The highest BCUT2D eigenvalue weighted by Gasteiger charge is 2.31. The van der Waals surface area contributed by atoms with Gasteiger partial charge in [0.25, 0.3) is 0 Å². The Labute approximate surface area is 190 Å². The van der Waals surface area contributed by atoms with Gasteiger partial charge in [0.1, 0.15) is 18.4 Å². The second-order valence-electron chi connectivity index (χ2n) is 8.35. The van der Waals surface area contributed by atoms with Crippen LogP contribution in [0.5, 0.6) is 5.75 Å². The zero-order valence-electron chi connectivity index (χ0n) is 18.7. The molecule has 0 aliphatic carbocycles. The summed E-state index contributed by atoms with van der Waals surface area (Å²) in [6.45, 7) is 8.62. The Hall–Kier alpha value is -2.25. The number of para-hydroxylation sites is 1. The molecule has 2 rings (SSSR count). The lowest BCUT2D eigenvalue weighted by Gasteiger charge is -2.30. The third-order valence-electron chi connectivity index (χ3n) is 4.75. The van der Waals surface area contributed by atoms with Crippen LogP contribution in [0.4, 0.5) is 5.69 Å². The number of nitrogens with one attached hydrogen (secondary N) is 1. The predicted molar refractivity (Wildman–Crippen MR) is 127 cm³/mol. The molecule has 0 fully saturated rings. The molecule has 0 saturated carbocycles. The first-order valence-electron chi connectivity index (χ1n) is 10.2. The molecule has 0 heterocycles. The van der Waals surface area contributed by atoms with Crippen molar-refractivity contribution < 1.29 is 17.9 Å². The fourth-order valence-corrected chi connectivity index (χ4v) is 4.73. The van der Waals surface area contributed by atoms with Gasteiger partial charge in [0.15, 0.2) is 0 Å². The molecule has 0 saturated heterocycles. The zero-order valence-corrected chi connectivity index (χ0v) is 20.3. The van der Waals surface area contributed by atoms with Gasteiger partial charge in [-0.05, 0) is 41.7 Å². The van der Waals surface area contributed by atoms with Crippen molar-refractivity contribution in [1.29, 1.82) is 0 Å². The number of amides is 1. The number of rotatable bonds is 9. The third-order valence-corrected chi connectivity index (χ3v) is 6.16. The lowest BCUT2D eigenvalue weighted by Crippen LogP contribution is -2.50. The maximum absolute atomic E-state index is 12.9. The monoisotopic (exact) mass is 466 g/mol. The number of halogens is 1. The first-order chi connectivity index (χ1) is 14.4. The van der Waals surface area contributed by atoms with Crippen LogP contribution in [0.3, 0.4) is 0 Å². The molecule has 0 aromatic heterocycles. The summed E-state index contributed by atoms with van der Waals surface area (Å²) in [5.41, 5.74) is 1.37. The van der Waals surface area contributed by atoms with Gasteiger partial charge < -0.3 is 10.1 Å². The number of ether oxygens (including phenoxy) is 1. The summed E-state index contributed by atoms with van der Waals surface area (Å²) >= 11 is 6.03. The topological polar surface area (TPSA) is 75.7 Å². The van der Waals surface area contributed by atoms with Crippen molar-refractivity contribution >= 4 is 33.2 Å². The maximum atomic E-state index is 12.9. The van der Waals surface area contributed by atoms with E-state index in [9.17, 15) is 13.2 Å². The van der Waals surface area contributed by atoms with Crippen LogP contribution in [0.25, 0.3) is 0 Å². The number of sulfonamides is 1. The Morgan fingerprint density at radius 3 is 2.42 bits per heavy atom. The van der Waals surface area contributed by atoms with Gasteiger partial charge in [-0.3, -0.25) is 9.10 Å². The molecule has 1 N–H and O–H groups in total. The highest BCUT2D eigenvalue weighted by atomic mass is 35.5. The van der Waals surface area contributed by atoms with Gasteiger partial charge in [0.05, 0.1) is 18.5 Å². The molecular weight excluding hydrogens is 436 g/mol. The summed E-state index contributed by atoms with van der Waals surface area (Å²) in [5, 5.41) is 3.19. The van der Waals surface area contributed by atoms with Gasteiger partial charge in [-0.2, -0.15) is 0 Å². The summed E-state index contributed by atoms with van der Waals surface area (Å²) in [6, 6.07) is 13.4. The zero-order chi connectivity index (χ0) is 23.2. The Kier molecular flexibility index (Phi) is 8.37. The number of hydrogen-bond donors (Lipinski definition) is 1. The van der Waals surface area contributed by atoms with Crippen LogP contribution in [-0.2, 0) is 20.2 Å². The van der Waals surface area contributed by atoms with E-state index in [4.69, 9.17) is 16.3 Å². The van der Waals surface area contributed by atoms with Gasteiger partial charge in [-0.1, -0.05) is 63.6 Å². The van der Waals surface area contributed by atoms with Crippen molar-refractivity contribution in [2.75, 3.05) is 23.7 Å². The molecule has 0 bridgehead atoms. The summed E-state index contributed by atoms with van der Waals surface area (Å²) in [6.07, 6.45) is 1.38. The smallest absolute Gasteiger partial charge is 0.244 e. The minimum atomic E-state index is -3.70. The fraction of sp³-hybridized carbons (Fsp3) is 0.435. The van der Waals surface area contributed by atoms with E-state index in [1.165, 1.54) is 6.07 Å². The van der Waals surface area contributed by atoms with Crippen LogP contribution in [0, 0.1) is 0 Å². The van der Waals surface area contributed by atoms with E-state index in [1.807, 2.05) is 24.3 Å². The van der Waals surface area contributed by atoms with E-state index in [2.05, 4.69) is 26.1 Å². The molecule has 1 atom stereocenters. The second kappa shape index (κ2) is 10.4. The van der Waals surface area contributed by atoms with Crippen LogP contribution in [0.15, 0.2) is 48.5 Å². The minimum absolute atomic E-state index is 0.0694. The Morgan fingerprint density at radius 1 is 1.16 bits per heavy atom. The first kappa shape index (κ1) is 25.0. The van der Waals surface area contributed by atoms with Crippen molar-refractivity contribution in [1.82, 2.24) is 5.32 Å². The molecule has 0 aliphatic heterocycles. The molecule has 0 radical (unpaired) electrons. The molecule has 0 spiro atoms. The third kappa shape index (κ3) is 6.87. The van der Waals surface area contributed by atoms with E-state index in [1.54, 1.807) is 25.1 Å². The summed E-state index contributed by atoms with van der Waals surface area (Å²) in [7, 11) is -3.70. The van der Waals surface area contributed by atoms with Crippen molar-refractivity contribution in [3.05, 3.63) is 59.1 Å². The van der Waals surface area contributed by atoms with Crippen molar-refractivity contribution in [2.24, 2.45) is 0 Å². The average Bonchev–Trinajstić information content (AvgIpc) is 2.67. The van der Waals surface area contributed by atoms with Gasteiger partial charge >= 0.3 is 0 Å². The number of nitrogens with zero attached hydrogens (tertiary/aromatic N) is 1. The number of hydrogen-bond acceptors (Lipinski definition) is 4. The van der Waals surface area contributed by atoms with Gasteiger partial charge in [-0.15, -0.1) is 0 Å². The maximum Gasteiger partial charge on any atom is 0.244 e. The molecule has 170 valence electrons.